The van der Waals surface area contributed by atoms with Gasteiger partial charge in [-0.1, -0.05) is 72.4 Å². The van der Waals surface area contributed by atoms with Crippen LogP contribution < -0.4 is 5.32 Å². The second-order valence-electron chi connectivity index (χ2n) is 7.01. The van der Waals surface area contributed by atoms with Gasteiger partial charge in [0, 0.05) is 28.8 Å². The summed E-state index contributed by atoms with van der Waals surface area (Å²) >= 11 is 13.6. The van der Waals surface area contributed by atoms with E-state index in [1.807, 2.05) is 25.1 Å². The Labute approximate surface area is 190 Å². The normalized spacial score (nSPS) is 10.8. The first-order valence-corrected chi connectivity index (χ1v) is 11.3. The molecule has 4 nitrogen and oxygen atoms in total. The second-order valence-corrected chi connectivity index (χ2v) is 8.91. The molecule has 0 saturated heterocycles. The Morgan fingerprint density at radius 3 is 2.43 bits per heavy atom. The molecule has 3 rings (SSSR count). The molecule has 1 N–H and O–H groups in total. The van der Waals surface area contributed by atoms with Crippen molar-refractivity contribution in [2.45, 2.75) is 39.5 Å². The van der Waals surface area contributed by atoms with E-state index < -0.39 is 0 Å². The van der Waals surface area contributed by atoms with Gasteiger partial charge in [-0.2, -0.15) is 0 Å². The van der Waals surface area contributed by atoms with Crippen molar-refractivity contribution in [2.24, 2.45) is 0 Å². The largest absolute Gasteiger partial charge is 0.302 e. The highest BCUT2D eigenvalue weighted by atomic mass is 35.5. The highest BCUT2D eigenvalue weighted by Crippen LogP contribution is 2.35. The smallest absolute Gasteiger partial charge is 0.226 e. The molecule has 1 aromatic heterocycles. The molecule has 0 spiro atoms. The molecule has 0 saturated carbocycles. The maximum Gasteiger partial charge on any atom is 0.226 e. The van der Waals surface area contributed by atoms with Crippen molar-refractivity contribution in [2.75, 3.05) is 5.32 Å². The first kappa shape index (κ1) is 22.5. The Hall–Kier alpha value is -2.21. The molecule has 0 aliphatic carbocycles. The van der Waals surface area contributed by atoms with E-state index in [2.05, 4.69) is 17.2 Å². The number of carbonyl (C=O) groups is 2. The molecule has 0 unspecified atom stereocenters. The summed E-state index contributed by atoms with van der Waals surface area (Å²) in [4.78, 5) is 30.3. The lowest BCUT2D eigenvalue weighted by Crippen LogP contribution is -2.13. The van der Waals surface area contributed by atoms with E-state index in [-0.39, 0.29) is 24.5 Å². The highest BCUT2D eigenvalue weighted by molar-refractivity contribution is 7.16. The van der Waals surface area contributed by atoms with Crippen LogP contribution in [-0.4, -0.2) is 16.7 Å². The zero-order valence-corrected chi connectivity index (χ0v) is 19.1. The van der Waals surface area contributed by atoms with Gasteiger partial charge in [-0.05, 0) is 25.5 Å². The third-order valence-corrected chi connectivity index (χ3v) is 6.34. The molecule has 1 heterocycles. The molecule has 3 aromatic rings. The number of benzene rings is 2. The fourth-order valence-corrected chi connectivity index (χ4v) is 4.36. The summed E-state index contributed by atoms with van der Waals surface area (Å²) in [6, 6.07) is 12.8. The summed E-state index contributed by atoms with van der Waals surface area (Å²) in [6.07, 6.45) is 2.06. The molecule has 2 aromatic carbocycles. The number of amides is 1. The van der Waals surface area contributed by atoms with Gasteiger partial charge in [0.1, 0.15) is 0 Å². The predicted molar refractivity (Wildman–Crippen MR) is 125 cm³/mol. The maximum atomic E-state index is 12.4. The number of anilines is 1. The first-order valence-electron chi connectivity index (χ1n) is 9.72. The number of rotatable bonds is 8. The lowest BCUT2D eigenvalue weighted by Gasteiger charge is -2.03. The Bertz CT molecular complexity index is 1060. The van der Waals surface area contributed by atoms with Crippen LogP contribution in [0, 0.1) is 6.92 Å². The van der Waals surface area contributed by atoms with E-state index in [0.717, 1.165) is 34.5 Å². The topological polar surface area (TPSA) is 59.1 Å². The fourth-order valence-electron chi connectivity index (χ4n) is 2.96. The van der Waals surface area contributed by atoms with Gasteiger partial charge >= 0.3 is 0 Å². The van der Waals surface area contributed by atoms with Crippen LogP contribution in [0.15, 0.2) is 42.5 Å². The molecule has 156 valence electrons. The Morgan fingerprint density at radius 1 is 1.03 bits per heavy atom. The number of halogens is 2. The molecular weight excluding hydrogens is 439 g/mol. The third kappa shape index (κ3) is 5.69. The summed E-state index contributed by atoms with van der Waals surface area (Å²) in [7, 11) is 0. The summed E-state index contributed by atoms with van der Waals surface area (Å²) in [5.74, 6) is -0.277. The average molecular weight is 461 g/mol. The molecule has 0 aliphatic heterocycles. The monoisotopic (exact) mass is 460 g/mol. The molecule has 0 bridgehead atoms. The Morgan fingerprint density at radius 2 is 1.77 bits per heavy atom. The molecule has 7 heteroatoms. The number of carbonyl (C=O) groups excluding carboxylic acids is 2. The fraction of sp³-hybridized carbons (Fsp3) is 0.261. The van der Waals surface area contributed by atoms with Crippen LogP contribution in [0.25, 0.3) is 11.3 Å². The van der Waals surface area contributed by atoms with E-state index >= 15 is 0 Å². The number of aryl methyl sites for hydroxylation is 2. The van der Waals surface area contributed by atoms with Gasteiger partial charge in [0.05, 0.1) is 15.7 Å². The number of Topliss-reactive ketones (excluding diaryl/α,β-unsaturated/α-hetero) is 1. The molecule has 0 radical (unpaired) electrons. The number of hydrogen-bond acceptors (Lipinski definition) is 4. The third-order valence-electron chi connectivity index (χ3n) is 4.57. The van der Waals surface area contributed by atoms with Crippen molar-refractivity contribution in [3.8, 4) is 11.3 Å². The van der Waals surface area contributed by atoms with Crippen LogP contribution in [0.2, 0.25) is 10.0 Å². The van der Waals surface area contributed by atoms with Crippen molar-refractivity contribution in [3.05, 3.63) is 68.5 Å². The number of ketones is 1. The van der Waals surface area contributed by atoms with Crippen LogP contribution >= 0.6 is 34.5 Å². The van der Waals surface area contributed by atoms with Crippen LogP contribution in [0.4, 0.5) is 5.13 Å². The molecule has 1 amide bonds. The number of nitrogens with one attached hydrogen (secondary N) is 1. The van der Waals surface area contributed by atoms with E-state index in [1.54, 1.807) is 24.3 Å². The lowest BCUT2D eigenvalue weighted by molar-refractivity contribution is -0.116. The van der Waals surface area contributed by atoms with Crippen molar-refractivity contribution in [3.63, 3.8) is 0 Å². The molecule has 30 heavy (non-hydrogen) atoms. The molecule has 0 aliphatic rings. The Kier molecular flexibility index (Phi) is 7.64. The van der Waals surface area contributed by atoms with Gasteiger partial charge in [-0.3, -0.25) is 9.59 Å². The Balaban J connectivity index is 1.68. The van der Waals surface area contributed by atoms with Gasteiger partial charge < -0.3 is 5.32 Å². The van der Waals surface area contributed by atoms with E-state index in [9.17, 15) is 9.59 Å². The number of thiazole rings is 1. The lowest BCUT2D eigenvalue weighted by atomic mass is 10.1. The van der Waals surface area contributed by atoms with E-state index in [4.69, 9.17) is 23.2 Å². The molecular formula is C23H22Cl2N2O2S. The van der Waals surface area contributed by atoms with Gasteiger partial charge in [0.15, 0.2) is 10.9 Å². The summed E-state index contributed by atoms with van der Waals surface area (Å²) in [5, 5.41) is 4.30. The quantitative estimate of drug-likeness (QED) is 0.368. The molecule has 0 fully saturated rings. The van der Waals surface area contributed by atoms with Crippen LogP contribution in [0.1, 0.15) is 47.0 Å². The zero-order chi connectivity index (χ0) is 21.7. The molecule has 0 atom stereocenters. The minimum atomic E-state index is -0.229. The van der Waals surface area contributed by atoms with Gasteiger partial charge in [-0.25, -0.2) is 4.98 Å². The number of hydrogen-bond donors (Lipinski definition) is 1. The van der Waals surface area contributed by atoms with Gasteiger partial charge in [-0.15, -0.1) is 11.3 Å². The van der Waals surface area contributed by atoms with Gasteiger partial charge in [0.2, 0.25) is 5.91 Å². The summed E-state index contributed by atoms with van der Waals surface area (Å²) in [5.41, 5.74) is 3.37. The van der Waals surface area contributed by atoms with Gasteiger partial charge in [0.25, 0.3) is 0 Å². The number of nitrogens with zero attached hydrogens (tertiary/aromatic N) is 1. The SMILES string of the molecule is CCCc1sc(NC(=O)CCC(=O)c2ccc(C)cc2)nc1-c1ccc(Cl)c(Cl)c1. The van der Waals surface area contributed by atoms with E-state index in [0.29, 0.717) is 20.7 Å². The predicted octanol–water partition coefficient (Wildman–Crippen LogP) is 6.98. The van der Waals surface area contributed by atoms with Crippen molar-refractivity contribution in [1.82, 2.24) is 4.98 Å². The van der Waals surface area contributed by atoms with E-state index in [1.165, 1.54) is 11.3 Å². The van der Waals surface area contributed by atoms with Crippen LogP contribution in [0.3, 0.4) is 0 Å². The summed E-state index contributed by atoms with van der Waals surface area (Å²) < 4.78 is 0. The van der Waals surface area contributed by atoms with Crippen molar-refractivity contribution >= 4 is 51.4 Å². The van der Waals surface area contributed by atoms with Crippen molar-refractivity contribution < 1.29 is 9.59 Å². The zero-order valence-electron chi connectivity index (χ0n) is 16.8. The second kappa shape index (κ2) is 10.2. The minimum absolute atomic E-state index is 0.0487. The maximum absolute atomic E-state index is 12.4. The van der Waals surface area contributed by atoms with Crippen molar-refractivity contribution in [1.29, 1.82) is 0 Å². The van der Waals surface area contributed by atoms with Crippen LogP contribution in [-0.2, 0) is 11.2 Å². The average Bonchev–Trinajstić information content (AvgIpc) is 3.11. The standard InChI is InChI=1S/C23H22Cl2N2O2S/c1-3-4-20-22(16-9-10-17(24)18(25)13-16)27-23(30-20)26-21(29)12-11-19(28)15-7-5-14(2)6-8-15/h5-10,13H,3-4,11-12H2,1-2H3,(H,26,27,29). The number of aromatic nitrogens is 1. The summed E-state index contributed by atoms with van der Waals surface area (Å²) in [6.45, 7) is 4.06. The minimum Gasteiger partial charge on any atom is -0.302 e. The highest BCUT2D eigenvalue weighted by Gasteiger charge is 2.16. The first-order chi connectivity index (χ1) is 14.4. The van der Waals surface area contributed by atoms with Crippen LogP contribution in [0.5, 0.6) is 0 Å².